The molecule has 0 bridgehead atoms. The van der Waals surface area contributed by atoms with Gasteiger partial charge in [0.15, 0.2) is 0 Å². The van der Waals surface area contributed by atoms with Gasteiger partial charge >= 0.3 is 0 Å². The first-order chi connectivity index (χ1) is 10.1. The number of nitrogens with one attached hydrogen (secondary N) is 1. The molecular weight excluding hydrogens is 272 g/mol. The summed E-state index contributed by atoms with van der Waals surface area (Å²) in [7, 11) is 0. The summed E-state index contributed by atoms with van der Waals surface area (Å²) in [5.74, 6) is -2.09. The minimum atomic E-state index is -0.850. The predicted octanol–water partition coefficient (Wildman–Crippen LogP) is 4.10. The molecule has 0 atom stereocenters. The number of rotatable bonds is 2. The quantitative estimate of drug-likeness (QED) is 0.885. The fourth-order valence-corrected chi connectivity index (χ4v) is 2.76. The van der Waals surface area contributed by atoms with Crippen molar-refractivity contribution in [2.24, 2.45) is 0 Å². The van der Waals surface area contributed by atoms with Crippen LogP contribution in [0.15, 0.2) is 36.4 Å². The second kappa shape index (κ2) is 5.64. The molecule has 0 aliphatic heterocycles. The first-order valence-corrected chi connectivity index (χ1v) is 7.02. The molecule has 21 heavy (non-hydrogen) atoms. The average molecular weight is 287 g/mol. The van der Waals surface area contributed by atoms with Crippen LogP contribution in [0.2, 0.25) is 0 Å². The van der Waals surface area contributed by atoms with E-state index < -0.39 is 17.5 Å². The molecule has 0 unspecified atom stereocenters. The lowest BCUT2D eigenvalue weighted by Gasteiger charge is -2.19. The van der Waals surface area contributed by atoms with Gasteiger partial charge in [-0.05, 0) is 55.0 Å². The lowest BCUT2D eigenvalue weighted by atomic mass is 9.90. The summed E-state index contributed by atoms with van der Waals surface area (Å²) in [6.07, 6.45) is 4.16. The van der Waals surface area contributed by atoms with Gasteiger partial charge in [-0.25, -0.2) is 8.78 Å². The highest BCUT2D eigenvalue weighted by molar-refractivity contribution is 6.04. The number of carbonyl (C=O) groups excluding carboxylic acids is 1. The zero-order valence-corrected chi connectivity index (χ0v) is 11.5. The van der Waals surface area contributed by atoms with Gasteiger partial charge in [0.05, 0.1) is 5.56 Å². The largest absolute Gasteiger partial charge is 0.322 e. The number of fused-ring (bicyclic) bond motifs is 1. The van der Waals surface area contributed by atoms with Gasteiger partial charge in [0, 0.05) is 11.8 Å². The smallest absolute Gasteiger partial charge is 0.258 e. The summed E-state index contributed by atoms with van der Waals surface area (Å²) < 4.78 is 26.5. The zero-order valence-electron chi connectivity index (χ0n) is 11.5. The molecule has 0 radical (unpaired) electrons. The number of hydrogen-bond donors (Lipinski definition) is 1. The van der Waals surface area contributed by atoms with Crippen LogP contribution in [0.4, 0.5) is 14.5 Å². The Morgan fingerprint density at radius 2 is 1.86 bits per heavy atom. The molecule has 0 fully saturated rings. The standard InChI is InChI=1S/C17H15F2NO/c18-12-8-9-14(15(19)10-12)17(21)20-16-7-3-5-11-4-1-2-6-13(11)16/h3,5,7-10H,1-2,4,6H2,(H,20,21). The number of aryl methyl sites for hydroxylation is 1. The van der Waals surface area contributed by atoms with Crippen molar-refractivity contribution in [1.29, 1.82) is 0 Å². The summed E-state index contributed by atoms with van der Waals surface area (Å²) in [5.41, 5.74) is 2.93. The molecule has 0 heterocycles. The maximum Gasteiger partial charge on any atom is 0.258 e. The number of benzene rings is 2. The fraction of sp³-hybridized carbons (Fsp3) is 0.235. The van der Waals surface area contributed by atoms with Crippen molar-refractivity contribution in [3.05, 3.63) is 64.7 Å². The molecule has 0 saturated carbocycles. The van der Waals surface area contributed by atoms with E-state index in [2.05, 4.69) is 11.4 Å². The minimum absolute atomic E-state index is 0.148. The number of carbonyl (C=O) groups is 1. The van der Waals surface area contributed by atoms with Crippen molar-refractivity contribution in [3.63, 3.8) is 0 Å². The van der Waals surface area contributed by atoms with E-state index >= 15 is 0 Å². The van der Waals surface area contributed by atoms with E-state index in [1.165, 1.54) is 5.56 Å². The second-order valence-corrected chi connectivity index (χ2v) is 5.23. The number of halogens is 2. The van der Waals surface area contributed by atoms with E-state index in [1.54, 1.807) is 0 Å². The van der Waals surface area contributed by atoms with Gasteiger partial charge in [0.25, 0.3) is 5.91 Å². The Morgan fingerprint density at radius 3 is 2.67 bits per heavy atom. The lowest BCUT2D eigenvalue weighted by molar-refractivity contribution is 0.102. The highest BCUT2D eigenvalue weighted by Crippen LogP contribution is 2.28. The van der Waals surface area contributed by atoms with Crippen molar-refractivity contribution in [2.45, 2.75) is 25.7 Å². The van der Waals surface area contributed by atoms with Crippen LogP contribution in [0.25, 0.3) is 0 Å². The highest BCUT2D eigenvalue weighted by atomic mass is 19.1. The molecule has 2 aromatic rings. The minimum Gasteiger partial charge on any atom is -0.322 e. The third-order valence-electron chi connectivity index (χ3n) is 3.82. The molecule has 0 saturated heterocycles. The van der Waals surface area contributed by atoms with Crippen LogP contribution in [0, 0.1) is 11.6 Å². The molecule has 2 aromatic carbocycles. The summed E-state index contributed by atoms with van der Waals surface area (Å²) >= 11 is 0. The number of anilines is 1. The maximum atomic E-state index is 13.6. The molecule has 1 amide bonds. The molecule has 2 nitrogen and oxygen atoms in total. The Bertz CT molecular complexity index is 697. The van der Waals surface area contributed by atoms with Gasteiger partial charge in [0.2, 0.25) is 0 Å². The van der Waals surface area contributed by atoms with Gasteiger partial charge in [-0.15, -0.1) is 0 Å². The first kappa shape index (κ1) is 13.7. The Kier molecular flexibility index (Phi) is 3.69. The highest BCUT2D eigenvalue weighted by Gasteiger charge is 2.17. The van der Waals surface area contributed by atoms with Gasteiger partial charge < -0.3 is 5.32 Å². The molecule has 108 valence electrons. The topological polar surface area (TPSA) is 29.1 Å². The Balaban J connectivity index is 1.88. The third-order valence-corrected chi connectivity index (χ3v) is 3.82. The van der Waals surface area contributed by atoms with Crippen LogP contribution in [-0.2, 0) is 12.8 Å². The van der Waals surface area contributed by atoms with Gasteiger partial charge in [-0.3, -0.25) is 4.79 Å². The van der Waals surface area contributed by atoms with E-state index in [-0.39, 0.29) is 5.56 Å². The van der Waals surface area contributed by atoms with Crippen LogP contribution in [0.1, 0.15) is 34.3 Å². The second-order valence-electron chi connectivity index (χ2n) is 5.23. The third kappa shape index (κ3) is 2.79. The number of amides is 1. The molecule has 1 aliphatic carbocycles. The fourth-order valence-electron chi connectivity index (χ4n) is 2.76. The Morgan fingerprint density at radius 1 is 1.05 bits per heavy atom. The normalized spacial score (nSPS) is 13.6. The van der Waals surface area contributed by atoms with Crippen molar-refractivity contribution < 1.29 is 13.6 Å². The van der Waals surface area contributed by atoms with Crippen molar-refractivity contribution in [2.75, 3.05) is 5.32 Å². The van der Waals surface area contributed by atoms with E-state index in [4.69, 9.17) is 0 Å². The zero-order chi connectivity index (χ0) is 14.8. The van der Waals surface area contributed by atoms with Crippen LogP contribution < -0.4 is 5.32 Å². The van der Waals surface area contributed by atoms with Crippen LogP contribution in [-0.4, -0.2) is 5.91 Å². The Hall–Kier alpha value is -2.23. The molecule has 0 aromatic heterocycles. The van der Waals surface area contributed by atoms with E-state index in [1.807, 2.05) is 12.1 Å². The SMILES string of the molecule is O=C(Nc1cccc2c1CCCC2)c1ccc(F)cc1F. The van der Waals surface area contributed by atoms with Gasteiger partial charge in [-0.2, -0.15) is 0 Å². The molecule has 4 heteroatoms. The summed E-state index contributed by atoms with van der Waals surface area (Å²) in [6, 6.07) is 8.73. The monoisotopic (exact) mass is 287 g/mol. The molecule has 1 aliphatic rings. The summed E-state index contributed by atoms with van der Waals surface area (Å²) in [6.45, 7) is 0. The molecular formula is C17H15F2NO. The summed E-state index contributed by atoms with van der Waals surface area (Å²) in [4.78, 5) is 12.2. The maximum absolute atomic E-state index is 13.6. The van der Waals surface area contributed by atoms with Gasteiger partial charge in [0.1, 0.15) is 11.6 Å². The van der Waals surface area contributed by atoms with Crippen LogP contribution in [0.5, 0.6) is 0 Å². The number of hydrogen-bond acceptors (Lipinski definition) is 1. The molecule has 3 rings (SSSR count). The van der Waals surface area contributed by atoms with Crippen molar-refractivity contribution >= 4 is 11.6 Å². The predicted molar refractivity (Wildman–Crippen MR) is 77.4 cm³/mol. The average Bonchev–Trinajstić information content (AvgIpc) is 2.47. The van der Waals surface area contributed by atoms with E-state index in [0.29, 0.717) is 0 Å². The molecule has 0 spiro atoms. The van der Waals surface area contributed by atoms with Crippen molar-refractivity contribution in [3.8, 4) is 0 Å². The molecule has 1 N–H and O–H groups in total. The summed E-state index contributed by atoms with van der Waals surface area (Å²) in [5, 5.41) is 2.75. The lowest BCUT2D eigenvalue weighted by Crippen LogP contribution is -2.16. The first-order valence-electron chi connectivity index (χ1n) is 7.02. The van der Waals surface area contributed by atoms with Crippen molar-refractivity contribution in [1.82, 2.24) is 0 Å². The van der Waals surface area contributed by atoms with E-state index in [0.717, 1.165) is 55.1 Å². The van der Waals surface area contributed by atoms with Crippen LogP contribution >= 0.6 is 0 Å². The Labute approximate surface area is 121 Å². The van der Waals surface area contributed by atoms with Gasteiger partial charge in [-0.1, -0.05) is 12.1 Å². The van der Waals surface area contributed by atoms with Crippen LogP contribution in [0.3, 0.4) is 0 Å². The van der Waals surface area contributed by atoms with E-state index in [9.17, 15) is 13.6 Å².